The van der Waals surface area contributed by atoms with Crippen molar-refractivity contribution in [1.82, 2.24) is 5.32 Å². The molecule has 1 rings (SSSR count). The normalized spacial score (nSPS) is 12.6. The second kappa shape index (κ2) is 8.84. The quantitative estimate of drug-likeness (QED) is 0.706. The maximum atomic E-state index is 6.11. The summed E-state index contributed by atoms with van der Waals surface area (Å²) >= 11 is 8.08. The van der Waals surface area contributed by atoms with Gasteiger partial charge in [-0.05, 0) is 43.7 Å². The molecule has 0 aliphatic heterocycles. The molecule has 0 radical (unpaired) electrons. The molecule has 0 spiro atoms. The summed E-state index contributed by atoms with van der Waals surface area (Å²) in [4.78, 5) is 0. The summed E-state index contributed by atoms with van der Waals surface area (Å²) in [6.45, 7) is 2.23. The van der Waals surface area contributed by atoms with E-state index < -0.39 is 0 Å². The van der Waals surface area contributed by atoms with E-state index in [1.54, 1.807) is 0 Å². The Morgan fingerprint density at radius 2 is 2.12 bits per heavy atom. The third-order valence-corrected chi connectivity index (χ3v) is 4.42. The molecule has 17 heavy (non-hydrogen) atoms. The second-order valence-corrected chi connectivity index (χ2v) is 5.69. The molecule has 0 heterocycles. The van der Waals surface area contributed by atoms with Crippen molar-refractivity contribution >= 4 is 23.4 Å². The molecule has 0 aromatic heterocycles. The zero-order valence-electron chi connectivity index (χ0n) is 10.7. The van der Waals surface area contributed by atoms with Crippen LogP contribution in [-0.2, 0) is 5.75 Å². The van der Waals surface area contributed by atoms with E-state index in [-0.39, 0.29) is 0 Å². The van der Waals surface area contributed by atoms with E-state index >= 15 is 0 Å². The largest absolute Gasteiger partial charge is 0.317 e. The highest BCUT2D eigenvalue weighted by atomic mass is 35.5. The number of nitrogens with one attached hydrogen (secondary N) is 1. The first-order valence-corrected chi connectivity index (χ1v) is 7.79. The van der Waals surface area contributed by atoms with Crippen LogP contribution in [-0.4, -0.2) is 18.8 Å². The lowest BCUT2D eigenvalue weighted by atomic mass is 10.1. The molecule has 1 aromatic rings. The molecule has 3 heteroatoms. The summed E-state index contributed by atoms with van der Waals surface area (Å²) in [6, 6.07) is 8.78. The van der Waals surface area contributed by atoms with Crippen LogP contribution in [0.5, 0.6) is 0 Å². The molecule has 0 aliphatic rings. The smallest absolute Gasteiger partial charge is 0.0446 e. The highest BCUT2D eigenvalue weighted by Crippen LogP contribution is 2.21. The lowest BCUT2D eigenvalue weighted by Crippen LogP contribution is -2.23. The summed E-state index contributed by atoms with van der Waals surface area (Å²) in [7, 11) is 2.05. The zero-order valence-corrected chi connectivity index (χ0v) is 12.3. The molecule has 1 N–H and O–H groups in total. The molecule has 0 fully saturated rings. The Kier molecular flexibility index (Phi) is 7.74. The molecule has 96 valence electrons. The van der Waals surface area contributed by atoms with Crippen molar-refractivity contribution in [3.05, 3.63) is 34.9 Å². The average molecular weight is 272 g/mol. The second-order valence-electron chi connectivity index (χ2n) is 4.18. The van der Waals surface area contributed by atoms with E-state index in [0.717, 1.165) is 10.8 Å². The van der Waals surface area contributed by atoms with Gasteiger partial charge in [-0.3, -0.25) is 0 Å². The zero-order chi connectivity index (χ0) is 12.5. The number of rotatable bonds is 8. The third kappa shape index (κ3) is 5.80. The fraction of sp³-hybridized carbons (Fsp3) is 0.571. The van der Waals surface area contributed by atoms with Gasteiger partial charge in [0.1, 0.15) is 0 Å². The van der Waals surface area contributed by atoms with Crippen molar-refractivity contribution in [2.24, 2.45) is 0 Å². The Bertz CT molecular complexity index is 313. The van der Waals surface area contributed by atoms with Gasteiger partial charge >= 0.3 is 0 Å². The van der Waals surface area contributed by atoms with Gasteiger partial charge in [0, 0.05) is 16.8 Å². The minimum atomic E-state index is 0.677. The van der Waals surface area contributed by atoms with Gasteiger partial charge in [0.25, 0.3) is 0 Å². The minimum absolute atomic E-state index is 0.677. The van der Waals surface area contributed by atoms with Crippen LogP contribution in [0, 0.1) is 0 Å². The first kappa shape index (κ1) is 14.9. The van der Waals surface area contributed by atoms with Crippen LogP contribution >= 0.6 is 23.4 Å². The third-order valence-electron chi connectivity index (χ3n) is 2.96. The summed E-state index contributed by atoms with van der Waals surface area (Å²) in [5, 5.41) is 4.23. The fourth-order valence-corrected chi connectivity index (χ4v) is 3.05. The standard InChI is InChI=1S/C14H22ClNS/c1-3-13(16-2)8-6-10-17-11-12-7-4-5-9-14(12)15/h4-5,7,9,13,16H,3,6,8,10-11H2,1-2H3. The number of thioether (sulfide) groups is 1. The summed E-state index contributed by atoms with van der Waals surface area (Å²) in [6.07, 6.45) is 3.75. The molecule has 1 atom stereocenters. The van der Waals surface area contributed by atoms with Gasteiger partial charge < -0.3 is 5.32 Å². The van der Waals surface area contributed by atoms with E-state index in [4.69, 9.17) is 11.6 Å². The number of hydrogen-bond donors (Lipinski definition) is 1. The van der Waals surface area contributed by atoms with E-state index in [2.05, 4.69) is 24.4 Å². The molecule has 0 bridgehead atoms. The molecular weight excluding hydrogens is 250 g/mol. The topological polar surface area (TPSA) is 12.0 Å². The molecule has 1 nitrogen and oxygen atoms in total. The van der Waals surface area contributed by atoms with Crippen LogP contribution in [0.1, 0.15) is 31.7 Å². The van der Waals surface area contributed by atoms with Crippen molar-refractivity contribution in [1.29, 1.82) is 0 Å². The lowest BCUT2D eigenvalue weighted by molar-refractivity contribution is 0.504. The van der Waals surface area contributed by atoms with Crippen LogP contribution in [0.2, 0.25) is 5.02 Å². The molecule has 1 aromatic carbocycles. The maximum absolute atomic E-state index is 6.11. The first-order valence-electron chi connectivity index (χ1n) is 6.26. The average Bonchev–Trinajstić information content (AvgIpc) is 2.36. The Labute approximate surface area is 114 Å². The van der Waals surface area contributed by atoms with Crippen molar-refractivity contribution in [3.63, 3.8) is 0 Å². The SMILES string of the molecule is CCC(CCCSCc1ccccc1Cl)NC. The molecular formula is C14H22ClNS. The Morgan fingerprint density at radius 1 is 1.35 bits per heavy atom. The van der Waals surface area contributed by atoms with Crippen molar-refractivity contribution < 1.29 is 0 Å². The number of halogens is 1. The predicted molar refractivity (Wildman–Crippen MR) is 80.0 cm³/mol. The Hall–Kier alpha value is -0.180. The summed E-state index contributed by atoms with van der Waals surface area (Å²) in [5.74, 6) is 2.24. The van der Waals surface area contributed by atoms with Gasteiger partial charge in [-0.25, -0.2) is 0 Å². The van der Waals surface area contributed by atoms with Crippen LogP contribution in [0.3, 0.4) is 0 Å². The van der Waals surface area contributed by atoms with Gasteiger partial charge in [0.05, 0.1) is 0 Å². The highest BCUT2D eigenvalue weighted by Gasteiger charge is 2.03. The van der Waals surface area contributed by atoms with E-state index in [1.165, 1.54) is 30.6 Å². The van der Waals surface area contributed by atoms with Crippen LogP contribution in [0.25, 0.3) is 0 Å². The van der Waals surface area contributed by atoms with Crippen molar-refractivity contribution in [3.8, 4) is 0 Å². The van der Waals surface area contributed by atoms with Gasteiger partial charge in [0.15, 0.2) is 0 Å². The molecule has 0 saturated heterocycles. The number of hydrogen-bond acceptors (Lipinski definition) is 2. The molecule has 0 amide bonds. The van der Waals surface area contributed by atoms with E-state index in [1.807, 2.05) is 30.9 Å². The van der Waals surface area contributed by atoms with E-state index in [0.29, 0.717) is 6.04 Å². The number of benzene rings is 1. The summed E-state index contributed by atoms with van der Waals surface area (Å²) < 4.78 is 0. The molecule has 0 saturated carbocycles. The van der Waals surface area contributed by atoms with E-state index in [9.17, 15) is 0 Å². The first-order chi connectivity index (χ1) is 8.27. The van der Waals surface area contributed by atoms with Gasteiger partial charge in [-0.1, -0.05) is 36.7 Å². The predicted octanol–water partition coefficient (Wildman–Crippen LogP) is 4.35. The Morgan fingerprint density at radius 3 is 2.76 bits per heavy atom. The monoisotopic (exact) mass is 271 g/mol. The van der Waals surface area contributed by atoms with Crippen molar-refractivity contribution in [2.75, 3.05) is 12.8 Å². The molecule has 0 aliphatic carbocycles. The van der Waals surface area contributed by atoms with Crippen molar-refractivity contribution in [2.45, 2.75) is 38.0 Å². The fourth-order valence-electron chi connectivity index (χ4n) is 1.78. The lowest BCUT2D eigenvalue weighted by Gasteiger charge is -2.12. The molecule has 1 unspecified atom stereocenters. The van der Waals surface area contributed by atoms with Crippen LogP contribution in [0.15, 0.2) is 24.3 Å². The van der Waals surface area contributed by atoms with Crippen LogP contribution in [0.4, 0.5) is 0 Å². The van der Waals surface area contributed by atoms with Gasteiger partial charge in [-0.15, -0.1) is 0 Å². The van der Waals surface area contributed by atoms with Crippen LogP contribution < -0.4 is 5.32 Å². The summed E-state index contributed by atoms with van der Waals surface area (Å²) in [5.41, 5.74) is 1.25. The van der Waals surface area contributed by atoms with Gasteiger partial charge in [0.2, 0.25) is 0 Å². The highest BCUT2D eigenvalue weighted by molar-refractivity contribution is 7.98. The maximum Gasteiger partial charge on any atom is 0.0446 e. The van der Waals surface area contributed by atoms with Gasteiger partial charge in [-0.2, -0.15) is 11.8 Å². The Balaban J connectivity index is 2.14. The minimum Gasteiger partial charge on any atom is -0.317 e.